The van der Waals surface area contributed by atoms with Gasteiger partial charge >= 0.3 is 5.97 Å². The third kappa shape index (κ3) is 3.70. The maximum absolute atomic E-state index is 12.4. The Balaban J connectivity index is 2.76. The summed E-state index contributed by atoms with van der Waals surface area (Å²) >= 11 is 0. The normalized spacial score (nSPS) is 26.4. The summed E-state index contributed by atoms with van der Waals surface area (Å²) in [5.41, 5.74) is -1.08. The van der Waals surface area contributed by atoms with E-state index in [4.69, 9.17) is 9.84 Å². The fourth-order valence-electron chi connectivity index (χ4n) is 2.30. The number of amides is 1. The van der Waals surface area contributed by atoms with E-state index < -0.39 is 17.5 Å². The monoisotopic (exact) mass is 287 g/mol. The molecule has 1 saturated heterocycles. The first-order valence-electron chi connectivity index (χ1n) is 6.98. The summed E-state index contributed by atoms with van der Waals surface area (Å²) in [7, 11) is 0. The van der Waals surface area contributed by atoms with Gasteiger partial charge in [0.1, 0.15) is 0 Å². The predicted octanol–water partition coefficient (Wildman–Crippen LogP) is 0.732. The van der Waals surface area contributed by atoms with E-state index in [-0.39, 0.29) is 31.0 Å². The van der Waals surface area contributed by atoms with Crippen LogP contribution in [0.1, 0.15) is 34.1 Å². The molecule has 0 aromatic heterocycles. The molecule has 20 heavy (non-hydrogen) atoms. The van der Waals surface area contributed by atoms with Gasteiger partial charge in [0.25, 0.3) is 0 Å². The van der Waals surface area contributed by atoms with E-state index in [1.165, 1.54) is 0 Å². The van der Waals surface area contributed by atoms with Gasteiger partial charge in [0.15, 0.2) is 0 Å². The Hall–Kier alpha value is -1.14. The molecule has 0 aromatic carbocycles. The molecule has 1 heterocycles. The first-order valence-corrected chi connectivity index (χ1v) is 6.98. The lowest BCUT2D eigenvalue weighted by molar-refractivity contribution is -0.160. The van der Waals surface area contributed by atoms with Crippen LogP contribution in [0.2, 0.25) is 0 Å². The van der Waals surface area contributed by atoms with Crippen LogP contribution in [0.15, 0.2) is 0 Å². The van der Waals surface area contributed by atoms with E-state index in [1.807, 2.05) is 6.92 Å². The van der Waals surface area contributed by atoms with Crippen molar-refractivity contribution in [3.63, 3.8) is 0 Å². The van der Waals surface area contributed by atoms with E-state index in [1.54, 1.807) is 25.7 Å². The van der Waals surface area contributed by atoms with Crippen LogP contribution in [0.25, 0.3) is 0 Å². The smallest absolute Gasteiger partial charge is 0.310 e. The van der Waals surface area contributed by atoms with Gasteiger partial charge in [-0.3, -0.25) is 9.59 Å². The molecule has 2 N–H and O–H groups in total. The molecule has 1 aliphatic rings. The average molecular weight is 287 g/mol. The van der Waals surface area contributed by atoms with Gasteiger partial charge in [-0.15, -0.1) is 0 Å². The summed E-state index contributed by atoms with van der Waals surface area (Å²) in [5, 5.41) is 18.5. The standard InChI is InChI=1S/C14H25NO5/c1-9(2)14(4,13(18)19)5-12(17)15-6-10(3)20-11(7-15)8-16/h9-11,16H,5-8H2,1-4H3,(H,18,19). The molecule has 0 radical (unpaired) electrons. The molecule has 0 aromatic rings. The number of aliphatic carboxylic acids is 1. The Morgan fingerprint density at radius 3 is 2.45 bits per heavy atom. The van der Waals surface area contributed by atoms with Gasteiger partial charge in [0, 0.05) is 19.5 Å². The van der Waals surface area contributed by atoms with Crippen molar-refractivity contribution >= 4 is 11.9 Å². The van der Waals surface area contributed by atoms with E-state index in [9.17, 15) is 14.7 Å². The number of carboxylic acids is 1. The number of nitrogens with zero attached hydrogens (tertiary/aromatic N) is 1. The van der Waals surface area contributed by atoms with Gasteiger partial charge in [-0.05, 0) is 19.8 Å². The van der Waals surface area contributed by atoms with Crippen molar-refractivity contribution in [3.05, 3.63) is 0 Å². The second-order valence-electron chi connectivity index (χ2n) is 6.10. The van der Waals surface area contributed by atoms with Crippen LogP contribution in [-0.2, 0) is 14.3 Å². The number of carboxylic acid groups (broad SMARTS) is 1. The molecule has 1 amide bonds. The number of rotatable bonds is 5. The van der Waals surface area contributed by atoms with Crippen molar-refractivity contribution in [2.24, 2.45) is 11.3 Å². The van der Waals surface area contributed by atoms with Crippen LogP contribution < -0.4 is 0 Å². The Kier molecular flexibility index (Phi) is 5.53. The highest BCUT2D eigenvalue weighted by molar-refractivity contribution is 5.85. The molecule has 6 heteroatoms. The highest BCUT2D eigenvalue weighted by Crippen LogP contribution is 2.32. The molecule has 1 rings (SSSR count). The molecule has 0 spiro atoms. The van der Waals surface area contributed by atoms with Gasteiger partial charge in [-0.25, -0.2) is 0 Å². The average Bonchev–Trinajstić information content (AvgIpc) is 2.37. The summed E-state index contributed by atoms with van der Waals surface area (Å²) in [6.45, 7) is 7.65. The summed E-state index contributed by atoms with van der Waals surface area (Å²) in [4.78, 5) is 25.4. The summed E-state index contributed by atoms with van der Waals surface area (Å²) in [6.07, 6.45) is -0.581. The SMILES string of the molecule is CC1CN(C(=O)CC(C)(C(=O)O)C(C)C)CC(CO)O1. The van der Waals surface area contributed by atoms with Crippen LogP contribution in [0.5, 0.6) is 0 Å². The zero-order valence-electron chi connectivity index (χ0n) is 12.6. The molecular formula is C14H25NO5. The van der Waals surface area contributed by atoms with Crippen LogP contribution in [0, 0.1) is 11.3 Å². The van der Waals surface area contributed by atoms with Crippen LogP contribution in [0.4, 0.5) is 0 Å². The zero-order valence-corrected chi connectivity index (χ0v) is 12.6. The number of hydrogen-bond acceptors (Lipinski definition) is 4. The van der Waals surface area contributed by atoms with E-state index >= 15 is 0 Å². The van der Waals surface area contributed by atoms with Gasteiger partial charge in [0.2, 0.25) is 5.91 Å². The Morgan fingerprint density at radius 2 is 2.00 bits per heavy atom. The lowest BCUT2D eigenvalue weighted by Gasteiger charge is -2.38. The topological polar surface area (TPSA) is 87.1 Å². The minimum Gasteiger partial charge on any atom is -0.481 e. The van der Waals surface area contributed by atoms with Crippen LogP contribution in [-0.4, -0.2) is 58.9 Å². The van der Waals surface area contributed by atoms with Gasteiger partial charge in [0.05, 0.1) is 24.2 Å². The lowest BCUT2D eigenvalue weighted by Crippen LogP contribution is -2.52. The highest BCUT2D eigenvalue weighted by Gasteiger charge is 2.41. The first-order chi connectivity index (χ1) is 9.20. The number of morpholine rings is 1. The predicted molar refractivity (Wildman–Crippen MR) is 73.2 cm³/mol. The van der Waals surface area contributed by atoms with Crippen LogP contribution >= 0.6 is 0 Å². The molecule has 0 aliphatic carbocycles. The summed E-state index contributed by atoms with van der Waals surface area (Å²) < 4.78 is 5.48. The Labute approximate surface area is 119 Å². The molecule has 3 atom stereocenters. The number of carbonyl (C=O) groups excluding carboxylic acids is 1. The minimum atomic E-state index is -1.08. The molecule has 1 aliphatic heterocycles. The number of aliphatic hydroxyl groups excluding tert-OH is 1. The number of hydrogen-bond donors (Lipinski definition) is 2. The van der Waals surface area contributed by atoms with Crippen molar-refractivity contribution in [1.29, 1.82) is 0 Å². The van der Waals surface area contributed by atoms with E-state index in [2.05, 4.69) is 0 Å². The third-order valence-electron chi connectivity index (χ3n) is 4.16. The molecule has 0 bridgehead atoms. The van der Waals surface area contributed by atoms with Crippen molar-refractivity contribution < 1.29 is 24.5 Å². The number of aliphatic hydroxyl groups is 1. The van der Waals surface area contributed by atoms with Crippen molar-refractivity contribution in [2.45, 2.75) is 46.3 Å². The quantitative estimate of drug-likeness (QED) is 0.778. The van der Waals surface area contributed by atoms with Gasteiger partial charge in [-0.1, -0.05) is 13.8 Å². The molecule has 116 valence electrons. The highest BCUT2D eigenvalue weighted by atomic mass is 16.5. The number of carbonyl (C=O) groups is 2. The Morgan fingerprint density at radius 1 is 1.40 bits per heavy atom. The maximum atomic E-state index is 12.4. The van der Waals surface area contributed by atoms with E-state index in [0.717, 1.165) is 0 Å². The summed E-state index contributed by atoms with van der Waals surface area (Å²) in [6, 6.07) is 0. The lowest BCUT2D eigenvalue weighted by atomic mass is 9.76. The molecule has 1 fully saturated rings. The van der Waals surface area contributed by atoms with Crippen LogP contribution in [0.3, 0.4) is 0 Å². The van der Waals surface area contributed by atoms with Gasteiger partial charge in [-0.2, -0.15) is 0 Å². The molecule has 0 saturated carbocycles. The largest absolute Gasteiger partial charge is 0.481 e. The molecule has 3 unspecified atom stereocenters. The second kappa shape index (κ2) is 6.54. The zero-order chi connectivity index (χ0) is 15.5. The van der Waals surface area contributed by atoms with Crippen molar-refractivity contribution in [1.82, 2.24) is 4.90 Å². The molecular weight excluding hydrogens is 262 g/mol. The van der Waals surface area contributed by atoms with Gasteiger partial charge < -0.3 is 19.8 Å². The second-order valence-corrected chi connectivity index (χ2v) is 6.10. The fraction of sp³-hybridized carbons (Fsp3) is 0.857. The van der Waals surface area contributed by atoms with Crippen molar-refractivity contribution in [2.75, 3.05) is 19.7 Å². The first kappa shape index (κ1) is 16.9. The Bertz CT molecular complexity index is 371. The fourth-order valence-corrected chi connectivity index (χ4v) is 2.30. The maximum Gasteiger partial charge on any atom is 0.310 e. The molecule has 6 nitrogen and oxygen atoms in total. The third-order valence-corrected chi connectivity index (χ3v) is 4.16. The summed E-state index contributed by atoms with van der Waals surface area (Å²) in [5.74, 6) is -1.30. The minimum absolute atomic E-state index is 0.0368. The van der Waals surface area contributed by atoms with E-state index in [0.29, 0.717) is 13.1 Å². The van der Waals surface area contributed by atoms with Crippen molar-refractivity contribution in [3.8, 4) is 0 Å². The number of ether oxygens (including phenoxy) is 1.